The van der Waals surface area contributed by atoms with Crippen molar-refractivity contribution in [1.29, 1.82) is 0 Å². The summed E-state index contributed by atoms with van der Waals surface area (Å²) in [6.45, 7) is 10.7. The minimum absolute atomic E-state index is 0.109. The van der Waals surface area contributed by atoms with Crippen LogP contribution in [0.15, 0.2) is 35.7 Å². The second-order valence-electron chi connectivity index (χ2n) is 4.51. The standard InChI is InChI=1S/C13H23O2P/c1-6-8-9-12(16(14)15-7-2)10-11-13(3,4)5/h6,8-11,14H,7H2,1-5H3/b8-6-,11-10+,12-9+. The largest absolute Gasteiger partial charge is 0.346 e. The van der Waals surface area contributed by atoms with E-state index < -0.39 is 8.38 Å². The summed E-state index contributed by atoms with van der Waals surface area (Å²) in [7, 11) is -1.49. The molecule has 0 bridgehead atoms. The number of allylic oxidation sites excluding steroid dienone is 6. The Labute approximate surface area is 101 Å². The predicted molar refractivity (Wildman–Crippen MR) is 72.3 cm³/mol. The predicted octanol–water partition coefficient (Wildman–Crippen LogP) is 4.39. The van der Waals surface area contributed by atoms with Crippen LogP contribution in [0.3, 0.4) is 0 Å². The van der Waals surface area contributed by atoms with Crippen LogP contribution in [0.25, 0.3) is 0 Å². The molecular weight excluding hydrogens is 219 g/mol. The first-order chi connectivity index (χ1) is 7.40. The van der Waals surface area contributed by atoms with Crippen molar-refractivity contribution in [3.63, 3.8) is 0 Å². The molecule has 0 radical (unpaired) electrons. The van der Waals surface area contributed by atoms with E-state index in [0.29, 0.717) is 6.61 Å². The lowest BCUT2D eigenvalue weighted by molar-refractivity contribution is 0.335. The lowest BCUT2D eigenvalue weighted by atomic mass is 9.96. The molecule has 0 saturated carbocycles. The van der Waals surface area contributed by atoms with Gasteiger partial charge in [-0.1, -0.05) is 51.2 Å². The molecule has 0 aromatic heterocycles. The lowest BCUT2D eigenvalue weighted by Crippen LogP contribution is -1.98. The Balaban J connectivity index is 4.75. The fourth-order valence-corrected chi connectivity index (χ4v) is 1.72. The SMILES string of the molecule is C\C=C/C=C(\C=C\C(C)(C)C)P(O)OCC. The summed E-state index contributed by atoms with van der Waals surface area (Å²) >= 11 is 0. The first-order valence-corrected chi connectivity index (χ1v) is 6.76. The molecule has 0 aromatic rings. The third kappa shape index (κ3) is 7.81. The molecule has 1 atom stereocenters. The van der Waals surface area contributed by atoms with Gasteiger partial charge in [0.05, 0.1) is 6.61 Å². The van der Waals surface area contributed by atoms with Gasteiger partial charge >= 0.3 is 0 Å². The van der Waals surface area contributed by atoms with Gasteiger partial charge in [0.15, 0.2) is 0 Å². The van der Waals surface area contributed by atoms with Gasteiger partial charge in [-0.2, -0.15) is 0 Å². The van der Waals surface area contributed by atoms with Crippen molar-refractivity contribution in [2.24, 2.45) is 5.41 Å². The molecule has 2 nitrogen and oxygen atoms in total. The second kappa shape index (κ2) is 7.78. The Kier molecular flexibility index (Phi) is 7.57. The number of rotatable bonds is 5. The molecule has 3 heteroatoms. The zero-order valence-corrected chi connectivity index (χ0v) is 11.8. The van der Waals surface area contributed by atoms with Crippen LogP contribution in [0.4, 0.5) is 0 Å². The van der Waals surface area contributed by atoms with Crippen molar-refractivity contribution in [3.05, 3.63) is 35.7 Å². The molecule has 0 heterocycles. The van der Waals surface area contributed by atoms with Crippen LogP contribution in [-0.4, -0.2) is 11.5 Å². The zero-order chi connectivity index (χ0) is 12.6. The van der Waals surface area contributed by atoms with Crippen molar-refractivity contribution in [1.82, 2.24) is 0 Å². The summed E-state index contributed by atoms with van der Waals surface area (Å²) < 4.78 is 5.23. The molecule has 0 aliphatic rings. The van der Waals surface area contributed by atoms with Gasteiger partial charge in [-0.3, -0.25) is 0 Å². The molecule has 0 aliphatic heterocycles. The first kappa shape index (κ1) is 15.6. The number of hydrogen-bond donors (Lipinski definition) is 1. The summed E-state index contributed by atoms with van der Waals surface area (Å²) in [5.41, 5.74) is 0.109. The fraction of sp³-hybridized carbons (Fsp3) is 0.538. The molecule has 16 heavy (non-hydrogen) atoms. The molecule has 1 N–H and O–H groups in total. The van der Waals surface area contributed by atoms with Gasteiger partial charge in [0, 0.05) is 5.31 Å². The van der Waals surface area contributed by atoms with E-state index in [4.69, 9.17) is 4.52 Å². The van der Waals surface area contributed by atoms with Crippen molar-refractivity contribution in [2.75, 3.05) is 6.61 Å². The topological polar surface area (TPSA) is 29.5 Å². The quantitative estimate of drug-likeness (QED) is 0.572. The highest BCUT2D eigenvalue weighted by Crippen LogP contribution is 2.42. The smallest absolute Gasteiger partial charge is 0.202 e. The average Bonchev–Trinajstić information content (AvgIpc) is 2.16. The highest BCUT2D eigenvalue weighted by atomic mass is 31.2. The maximum absolute atomic E-state index is 9.82. The van der Waals surface area contributed by atoms with E-state index in [-0.39, 0.29) is 5.41 Å². The second-order valence-corrected chi connectivity index (χ2v) is 5.83. The summed E-state index contributed by atoms with van der Waals surface area (Å²) in [6.07, 6.45) is 9.75. The molecule has 0 spiro atoms. The molecule has 0 amide bonds. The maximum Gasteiger partial charge on any atom is 0.202 e. The summed E-state index contributed by atoms with van der Waals surface area (Å²) in [6, 6.07) is 0. The van der Waals surface area contributed by atoms with Crippen molar-refractivity contribution >= 4 is 8.38 Å². The van der Waals surface area contributed by atoms with Crippen LogP contribution in [0.1, 0.15) is 34.6 Å². The molecule has 0 rings (SSSR count). The van der Waals surface area contributed by atoms with Gasteiger partial charge in [-0.25, -0.2) is 0 Å². The Hall–Kier alpha value is -0.430. The maximum atomic E-state index is 9.82. The van der Waals surface area contributed by atoms with E-state index in [2.05, 4.69) is 26.8 Å². The Bertz CT molecular complexity index is 272. The van der Waals surface area contributed by atoms with E-state index in [0.717, 1.165) is 5.31 Å². The molecule has 0 aromatic carbocycles. The van der Waals surface area contributed by atoms with Crippen molar-refractivity contribution < 1.29 is 9.42 Å². The first-order valence-electron chi connectivity index (χ1n) is 5.55. The van der Waals surface area contributed by atoms with E-state index in [1.165, 1.54) is 0 Å². The van der Waals surface area contributed by atoms with Gasteiger partial charge < -0.3 is 9.42 Å². The zero-order valence-electron chi connectivity index (χ0n) is 10.9. The molecule has 0 fully saturated rings. The molecule has 0 aliphatic carbocycles. The lowest BCUT2D eigenvalue weighted by Gasteiger charge is -2.14. The Morgan fingerprint density at radius 3 is 2.44 bits per heavy atom. The normalized spacial score (nSPS) is 16.2. The summed E-state index contributed by atoms with van der Waals surface area (Å²) in [4.78, 5) is 9.82. The summed E-state index contributed by atoms with van der Waals surface area (Å²) in [5.74, 6) is 0. The third-order valence-electron chi connectivity index (χ3n) is 1.69. The minimum atomic E-state index is -1.49. The van der Waals surface area contributed by atoms with Crippen LogP contribution in [-0.2, 0) is 4.52 Å². The third-order valence-corrected chi connectivity index (χ3v) is 2.93. The Morgan fingerprint density at radius 1 is 1.38 bits per heavy atom. The van der Waals surface area contributed by atoms with Crippen molar-refractivity contribution in [2.45, 2.75) is 34.6 Å². The van der Waals surface area contributed by atoms with Gasteiger partial charge in [0.2, 0.25) is 8.38 Å². The highest BCUT2D eigenvalue weighted by molar-refractivity contribution is 7.51. The van der Waals surface area contributed by atoms with Crippen LogP contribution >= 0.6 is 8.38 Å². The highest BCUT2D eigenvalue weighted by Gasteiger charge is 2.10. The van der Waals surface area contributed by atoms with E-state index in [9.17, 15) is 4.89 Å². The van der Waals surface area contributed by atoms with Gasteiger partial charge in [-0.05, 0) is 19.3 Å². The van der Waals surface area contributed by atoms with Crippen LogP contribution < -0.4 is 0 Å². The van der Waals surface area contributed by atoms with E-state index in [1.54, 1.807) is 0 Å². The minimum Gasteiger partial charge on any atom is -0.346 e. The van der Waals surface area contributed by atoms with E-state index >= 15 is 0 Å². The van der Waals surface area contributed by atoms with Crippen LogP contribution in [0, 0.1) is 5.41 Å². The monoisotopic (exact) mass is 242 g/mol. The molecule has 1 unspecified atom stereocenters. The van der Waals surface area contributed by atoms with Gasteiger partial charge in [0.1, 0.15) is 0 Å². The average molecular weight is 242 g/mol. The summed E-state index contributed by atoms with van der Waals surface area (Å²) in [5, 5.41) is 0.838. The fourth-order valence-electron chi connectivity index (χ4n) is 0.910. The van der Waals surface area contributed by atoms with Gasteiger partial charge in [-0.15, -0.1) is 0 Å². The molecule has 92 valence electrons. The van der Waals surface area contributed by atoms with Crippen LogP contribution in [0.2, 0.25) is 0 Å². The number of hydrogen-bond acceptors (Lipinski definition) is 2. The molecule has 0 saturated heterocycles. The van der Waals surface area contributed by atoms with Crippen molar-refractivity contribution in [3.8, 4) is 0 Å². The molecular formula is C13H23O2P. The van der Waals surface area contributed by atoms with E-state index in [1.807, 2.05) is 38.2 Å². The van der Waals surface area contributed by atoms with Gasteiger partial charge in [0.25, 0.3) is 0 Å². The Morgan fingerprint density at radius 2 is 2.00 bits per heavy atom. The van der Waals surface area contributed by atoms with Crippen LogP contribution in [0.5, 0.6) is 0 Å².